The molecule has 4 heteroatoms. The third kappa shape index (κ3) is 3.50. The summed E-state index contributed by atoms with van der Waals surface area (Å²) in [6, 6.07) is 9.01. The lowest BCUT2D eigenvalue weighted by Gasteiger charge is -2.42. The molecular weight excluding hydrogens is 264 g/mol. The molecule has 0 spiro atoms. The fourth-order valence-corrected chi connectivity index (χ4v) is 3.58. The van der Waals surface area contributed by atoms with Crippen molar-refractivity contribution in [3.8, 4) is 5.75 Å². The first-order chi connectivity index (χ1) is 10.3. The monoisotopic (exact) mass is 290 g/mol. The van der Waals surface area contributed by atoms with Crippen LogP contribution in [0.25, 0.3) is 0 Å². The minimum atomic E-state index is -0.0562. The van der Waals surface area contributed by atoms with E-state index < -0.39 is 0 Å². The number of methoxy groups -OCH3 is 1. The fraction of sp³-hybridized carbons (Fsp3) is 0.647. The molecule has 4 nitrogen and oxygen atoms in total. The van der Waals surface area contributed by atoms with E-state index in [1.165, 1.54) is 5.69 Å². The van der Waals surface area contributed by atoms with Gasteiger partial charge in [-0.05, 0) is 37.8 Å². The number of benzene rings is 1. The highest BCUT2D eigenvalue weighted by Gasteiger charge is 2.27. The zero-order valence-electron chi connectivity index (χ0n) is 12.9. The maximum atomic E-state index is 9.63. The van der Waals surface area contributed by atoms with Gasteiger partial charge in [0.15, 0.2) is 0 Å². The van der Waals surface area contributed by atoms with Gasteiger partial charge in [0.1, 0.15) is 5.75 Å². The summed E-state index contributed by atoms with van der Waals surface area (Å²) in [4.78, 5) is 5.05. The standard InChI is InChI=1S/C17H26N2O2/c1-21-17-4-2-3-15(13-17)19-11-9-18(10-12-19)14-5-7-16(20)8-6-14/h2-4,13-14,16,20H,5-12H2,1H3. The Kier molecular flexibility index (Phi) is 4.66. The number of hydrogen-bond donors (Lipinski definition) is 1. The third-order valence-electron chi connectivity index (χ3n) is 4.92. The van der Waals surface area contributed by atoms with Crippen molar-refractivity contribution < 1.29 is 9.84 Å². The van der Waals surface area contributed by atoms with Crippen molar-refractivity contribution >= 4 is 5.69 Å². The first kappa shape index (κ1) is 14.7. The van der Waals surface area contributed by atoms with E-state index >= 15 is 0 Å². The van der Waals surface area contributed by atoms with E-state index in [-0.39, 0.29) is 6.10 Å². The summed E-state index contributed by atoms with van der Waals surface area (Å²) >= 11 is 0. The highest BCUT2D eigenvalue weighted by atomic mass is 16.5. The van der Waals surface area contributed by atoms with Crippen LogP contribution in [0.4, 0.5) is 5.69 Å². The molecule has 1 aliphatic carbocycles. The molecule has 0 atom stereocenters. The van der Waals surface area contributed by atoms with E-state index in [2.05, 4.69) is 28.0 Å². The first-order valence-corrected chi connectivity index (χ1v) is 8.07. The molecule has 1 saturated heterocycles. The Labute approximate surface area is 127 Å². The van der Waals surface area contributed by atoms with Crippen molar-refractivity contribution in [2.75, 3.05) is 38.2 Å². The smallest absolute Gasteiger partial charge is 0.120 e. The van der Waals surface area contributed by atoms with E-state index in [1.807, 2.05) is 6.07 Å². The molecule has 0 aromatic heterocycles. The molecule has 1 aliphatic heterocycles. The maximum absolute atomic E-state index is 9.63. The molecule has 1 saturated carbocycles. The molecule has 0 bridgehead atoms. The zero-order chi connectivity index (χ0) is 14.7. The van der Waals surface area contributed by atoms with Gasteiger partial charge in [0.05, 0.1) is 13.2 Å². The van der Waals surface area contributed by atoms with Crippen LogP contribution in [0.2, 0.25) is 0 Å². The molecule has 2 aliphatic rings. The molecule has 2 fully saturated rings. The summed E-state index contributed by atoms with van der Waals surface area (Å²) in [6.07, 6.45) is 4.20. The van der Waals surface area contributed by atoms with Crippen molar-refractivity contribution in [1.82, 2.24) is 4.90 Å². The van der Waals surface area contributed by atoms with Gasteiger partial charge in [0.25, 0.3) is 0 Å². The third-order valence-corrected chi connectivity index (χ3v) is 4.92. The molecule has 116 valence electrons. The molecule has 0 radical (unpaired) electrons. The Balaban J connectivity index is 1.55. The van der Waals surface area contributed by atoms with Gasteiger partial charge in [-0.3, -0.25) is 4.90 Å². The summed E-state index contributed by atoms with van der Waals surface area (Å²) in [5.74, 6) is 0.927. The molecule has 1 aromatic carbocycles. The minimum Gasteiger partial charge on any atom is -0.497 e. The topological polar surface area (TPSA) is 35.9 Å². The van der Waals surface area contributed by atoms with Gasteiger partial charge in [0.2, 0.25) is 0 Å². The lowest BCUT2D eigenvalue weighted by molar-refractivity contribution is 0.0711. The average Bonchev–Trinajstić information content (AvgIpc) is 2.56. The summed E-state index contributed by atoms with van der Waals surface area (Å²) in [5.41, 5.74) is 1.26. The van der Waals surface area contributed by atoms with E-state index in [1.54, 1.807) is 7.11 Å². The normalized spacial score (nSPS) is 27.6. The van der Waals surface area contributed by atoms with Crippen molar-refractivity contribution in [2.24, 2.45) is 0 Å². The summed E-state index contributed by atoms with van der Waals surface area (Å²) in [5, 5.41) is 9.63. The average molecular weight is 290 g/mol. The van der Waals surface area contributed by atoms with Crippen molar-refractivity contribution in [3.63, 3.8) is 0 Å². The van der Waals surface area contributed by atoms with Crippen LogP contribution < -0.4 is 9.64 Å². The Morgan fingerprint density at radius 1 is 1.05 bits per heavy atom. The largest absolute Gasteiger partial charge is 0.497 e. The molecule has 0 amide bonds. The molecule has 21 heavy (non-hydrogen) atoms. The second-order valence-corrected chi connectivity index (χ2v) is 6.19. The van der Waals surface area contributed by atoms with Gasteiger partial charge in [-0.1, -0.05) is 6.07 Å². The first-order valence-electron chi connectivity index (χ1n) is 8.07. The summed E-state index contributed by atoms with van der Waals surface area (Å²) in [6.45, 7) is 4.40. The number of aliphatic hydroxyl groups is 1. The number of piperazine rings is 1. The number of rotatable bonds is 3. The van der Waals surface area contributed by atoms with Gasteiger partial charge in [-0.2, -0.15) is 0 Å². The zero-order valence-corrected chi connectivity index (χ0v) is 12.9. The molecular formula is C17H26N2O2. The Hall–Kier alpha value is -1.26. The van der Waals surface area contributed by atoms with Gasteiger partial charge < -0.3 is 14.7 Å². The highest BCUT2D eigenvalue weighted by molar-refractivity contribution is 5.51. The lowest BCUT2D eigenvalue weighted by Crippen LogP contribution is -2.51. The van der Waals surface area contributed by atoms with Gasteiger partial charge in [-0.15, -0.1) is 0 Å². The molecule has 3 rings (SSSR count). The number of hydrogen-bond acceptors (Lipinski definition) is 4. The van der Waals surface area contributed by atoms with Crippen molar-refractivity contribution in [3.05, 3.63) is 24.3 Å². The quantitative estimate of drug-likeness (QED) is 0.925. The SMILES string of the molecule is COc1cccc(N2CCN(C3CCC(O)CC3)CC2)c1. The number of anilines is 1. The second-order valence-electron chi connectivity index (χ2n) is 6.19. The Bertz CT molecular complexity index is 450. The van der Waals surface area contributed by atoms with E-state index in [0.29, 0.717) is 6.04 Å². The van der Waals surface area contributed by atoms with Crippen molar-refractivity contribution in [2.45, 2.75) is 37.8 Å². The molecule has 0 unspecified atom stereocenters. The van der Waals surface area contributed by atoms with Gasteiger partial charge >= 0.3 is 0 Å². The number of ether oxygens (including phenoxy) is 1. The molecule has 1 aromatic rings. The number of aliphatic hydroxyl groups excluding tert-OH is 1. The van der Waals surface area contributed by atoms with Gasteiger partial charge in [0, 0.05) is 44.0 Å². The summed E-state index contributed by atoms with van der Waals surface area (Å²) in [7, 11) is 1.72. The molecule has 1 N–H and O–H groups in total. The molecule has 1 heterocycles. The van der Waals surface area contributed by atoms with Crippen LogP contribution in [-0.4, -0.2) is 55.4 Å². The predicted octanol–water partition coefficient (Wildman–Crippen LogP) is 2.12. The lowest BCUT2D eigenvalue weighted by atomic mass is 9.91. The van der Waals surface area contributed by atoms with Crippen LogP contribution in [0.15, 0.2) is 24.3 Å². The maximum Gasteiger partial charge on any atom is 0.120 e. The van der Waals surface area contributed by atoms with E-state index in [0.717, 1.165) is 57.6 Å². The van der Waals surface area contributed by atoms with Crippen LogP contribution in [0, 0.1) is 0 Å². The van der Waals surface area contributed by atoms with Crippen LogP contribution in [-0.2, 0) is 0 Å². The fourth-order valence-electron chi connectivity index (χ4n) is 3.58. The second kappa shape index (κ2) is 6.67. The van der Waals surface area contributed by atoms with Crippen LogP contribution in [0.3, 0.4) is 0 Å². The summed E-state index contributed by atoms with van der Waals surface area (Å²) < 4.78 is 5.31. The Morgan fingerprint density at radius 2 is 1.76 bits per heavy atom. The van der Waals surface area contributed by atoms with Crippen LogP contribution >= 0.6 is 0 Å². The van der Waals surface area contributed by atoms with Crippen LogP contribution in [0.5, 0.6) is 5.75 Å². The Morgan fingerprint density at radius 3 is 2.43 bits per heavy atom. The van der Waals surface area contributed by atoms with E-state index in [9.17, 15) is 5.11 Å². The highest BCUT2D eigenvalue weighted by Crippen LogP contribution is 2.26. The van der Waals surface area contributed by atoms with Crippen LogP contribution in [0.1, 0.15) is 25.7 Å². The van der Waals surface area contributed by atoms with Crippen molar-refractivity contribution in [1.29, 1.82) is 0 Å². The predicted molar refractivity (Wildman–Crippen MR) is 85.0 cm³/mol. The van der Waals surface area contributed by atoms with E-state index in [4.69, 9.17) is 4.74 Å². The number of nitrogens with zero attached hydrogens (tertiary/aromatic N) is 2. The minimum absolute atomic E-state index is 0.0562. The van der Waals surface area contributed by atoms with Gasteiger partial charge in [-0.25, -0.2) is 0 Å².